The van der Waals surface area contributed by atoms with Gasteiger partial charge in [0.25, 0.3) is 0 Å². The minimum Gasteiger partial charge on any atom is -0.491 e. The number of nitrogens with zero attached hydrogens (tertiary/aromatic N) is 5. The van der Waals surface area contributed by atoms with Gasteiger partial charge in [-0.1, -0.05) is 0 Å². The fourth-order valence-corrected chi connectivity index (χ4v) is 6.06. The molecule has 0 spiro atoms. The molecule has 0 unspecified atom stereocenters. The van der Waals surface area contributed by atoms with E-state index in [4.69, 9.17) is 4.74 Å². The third-order valence-corrected chi connectivity index (χ3v) is 8.17. The number of fused-ring (bicyclic) bond motifs is 2. The monoisotopic (exact) mass is 521 g/mol. The first-order valence-corrected chi connectivity index (χ1v) is 13.7. The summed E-state index contributed by atoms with van der Waals surface area (Å²) >= 11 is 1.77. The minimum atomic E-state index is 0.658. The number of hydrogen-bond donors (Lipinski definition) is 2. The summed E-state index contributed by atoms with van der Waals surface area (Å²) < 4.78 is 6.02. The van der Waals surface area contributed by atoms with E-state index in [1.54, 1.807) is 17.5 Å². The molecule has 0 amide bonds. The summed E-state index contributed by atoms with van der Waals surface area (Å²) in [4.78, 5) is 22.0. The van der Waals surface area contributed by atoms with Gasteiger partial charge in [-0.05, 0) is 63.2 Å². The largest absolute Gasteiger partial charge is 0.491 e. The Kier molecular flexibility index (Phi) is 5.87. The van der Waals surface area contributed by atoms with Gasteiger partial charge >= 0.3 is 0 Å². The van der Waals surface area contributed by atoms with E-state index in [0.717, 1.165) is 62.3 Å². The fourth-order valence-electron chi connectivity index (χ4n) is 5.17. The Labute approximate surface area is 223 Å². The van der Waals surface area contributed by atoms with Gasteiger partial charge in [0, 0.05) is 50.6 Å². The van der Waals surface area contributed by atoms with Crippen LogP contribution in [0.4, 0.5) is 0 Å². The predicted octanol–water partition coefficient (Wildman–Crippen LogP) is 6.07. The van der Waals surface area contributed by atoms with Crippen LogP contribution in [0.25, 0.3) is 54.9 Å². The predicted molar refractivity (Wildman–Crippen MR) is 151 cm³/mol. The first-order chi connectivity index (χ1) is 18.7. The van der Waals surface area contributed by atoms with Gasteiger partial charge in [-0.3, -0.25) is 25.0 Å². The van der Waals surface area contributed by atoms with Crippen molar-refractivity contribution in [2.24, 2.45) is 0 Å². The smallest absolute Gasteiger partial charge is 0.138 e. The highest BCUT2D eigenvalue weighted by molar-refractivity contribution is 7.15. The van der Waals surface area contributed by atoms with E-state index in [2.05, 4.69) is 66.2 Å². The molecular formula is C29H27N7OS. The molecule has 7 rings (SSSR count). The number of rotatable bonds is 7. The molecule has 190 valence electrons. The van der Waals surface area contributed by atoms with E-state index >= 15 is 0 Å². The van der Waals surface area contributed by atoms with Crippen molar-refractivity contribution in [1.82, 2.24) is 35.0 Å². The van der Waals surface area contributed by atoms with Crippen molar-refractivity contribution < 1.29 is 4.74 Å². The molecule has 0 aliphatic carbocycles. The van der Waals surface area contributed by atoms with Crippen LogP contribution < -0.4 is 4.74 Å². The number of ether oxygens (including phenoxy) is 1. The molecule has 0 saturated carbocycles. The number of likely N-dealkylation sites (tertiary alicyclic amines) is 1. The van der Waals surface area contributed by atoms with Crippen LogP contribution in [0.2, 0.25) is 0 Å². The van der Waals surface area contributed by atoms with Gasteiger partial charge in [0.1, 0.15) is 18.1 Å². The number of aromatic nitrogens is 6. The Morgan fingerprint density at radius 2 is 1.84 bits per heavy atom. The van der Waals surface area contributed by atoms with Crippen LogP contribution >= 0.6 is 11.3 Å². The number of aryl methyl sites for hydroxylation is 1. The number of aromatic amines is 2. The molecule has 0 radical (unpaired) electrons. The zero-order valence-corrected chi connectivity index (χ0v) is 21.9. The number of H-pyrrole nitrogens is 2. The Bertz CT molecular complexity index is 1740. The van der Waals surface area contributed by atoms with Gasteiger partial charge in [-0.15, -0.1) is 11.3 Å². The van der Waals surface area contributed by atoms with E-state index in [1.807, 2.05) is 30.9 Å². The highest BCUT2D eigenvalue weighted by atomic mass is 32.1. The van der Waals surface area contributed by atoms with E-state index in [1.165, 1.54) is 35.7 Å². The van der Waals surface area contributed by atoms with E-state index in [0.29, 0.717) is 6.61 Å². The standard InChI is InChI=1S/C29H27N7OS/c1-18-4-5-28(38-18)23-15-31-16-26-21(23)11-25(33-26)29-22-12-24(32-17-27(22)34-35-29)19-10-20(14-30-13-19)37-9-8-36-6-2-3-7-36/h4-5,10-17,33H,2-3,6-9H2,1H3,(H,34,35). The average molecular weight is 522 g/mol. The number of nitrogens with one attached hydrogen (secondary N) is 2. The highest BCUT2D eigenvalue weighted by Gasteiger charge is 2.16. The van der Waals surface area contributed by atoms with Crippen molar-refractivity contribution in [3.05, 3.63) is 66.2 Å². The van der Waals surface area contributed by atoms with Crippen LogP contribution in [0.5, 0.6) is 5.75 Å². The summed E-state index contributed by atoms with van der Waals surface area (Å²) in [6.45, 7) is 6.06. The second-order valence-corrected chi connectivity index (χ2v) is 11.0. The lowest BCUT2D eigenvalue weighted by Gasteiger charge is -2.15. The van der Waals surface area contributed by atoms with E-state index in [9.17, 15) is 0 Å². The van der Waals surface area contributed by atoms with Gasteiger partial charge < -0.3 is 9.72 Å². The lowest BCUT2D eigenvalue weighted by molar-refractivity contribution is 0.237. The van der Waals surface area contributed by atoms with Crippen molar-refractivity contribution in [3.63, 3.8) is 0 Å². The third-order valence-electron chi connectivity index (χ3n) is 7.14. The molecule has 6 aromatic rings. The molecule has 1 fully saturated rings. The number of hydrogen-bond acceptors (Lipinski definition) is 7. The van der Waals surface area contributed by atoms with Gasteiger partial charge in [-0.25, -0.2) is 0 Å². The normalized spacial score (nSPS) is 14.1. The Balaban J connectivity index is 1.20. The topological polar surface area (TPSA) is 95.6 Å². The molecule has 0 bridgehead atoms. The first kappa shape index (κ1) is 23.1. The van der Waals surface area contributed by atoms with Gasteiger partial charge in [0.15, 0.2) is 0 Å². The number of thiophene rings is 1. The molecule has 8 nitrogen and oxygen atoms in total. The van der Waals surface area contributed by atoms with Crippen LogP contribution in [0.3, 0.4) is 0 Å². The molecule has 1 aliphatic rings. The maximum Gasteiger partial charge on any atom is 0.138 e. The number of pyridine rings is 3. The lowest BCUT2D eigenvalue weighted by Crippen LogP contribution is -2.25. The van der Waals surface area contributed by atoms with E-state index in [-0.39, 0.29) is 0 Å². The van der Waals surface area contributed by atoms with Crippen molar-refractivity contribution in [3.8, 4) is 38.8 Å². The highest BCUT2D eigenvalue weighted by Crippen LogP contribution is 2.36. The second kappa shape index (κ2) is 9.66. The summed E-state index contributed by atoms with van der Waals surface area (Å²) in [6, 6.07) is 10.5. The van der Waals surface area contributed by atoms with Crippen molar-refractivity contribution >= 4 is 33.1 Å². The van der Waals surface area contributed by atoms with Crippen LogP contribution in [0, 0.1) is 6.92 Å². The zero-order chi connectivity index (χ0) is 25.5. The van der Waals surface area contributed by atoms with Crippen molar-refractivity contribution in [2.45, 2.75) is 19.8 Å². The third kappa shape index (κ3) is 4.33. The van der Waals surface area contributed by atoms with Crippen molar-refractivity contribution in [2.75, 3.05) is 26.2 Å². The average Bonchev–Trinajstić information content (AvgIpc) is 3.74. The molecule has 1 saturated heterocycles. The summed E-state index contributed by atoms with van der Waals surface area (Å²) in [5.41, 5.74) is 6.50. The van der Waals surface area contributed by atoms with Crippen LogP contribution in [0.15, 0.2) is 61.3 Å². The Morgan fingerprint density at radius 1 is 0.947 bits per heavy atom. The zero-order valence-electron chi connectivity index (χ0n) is 21.1. The quantitative estimate of drug-likeness (QED) is 0.265. The van der Waals surface area contributed by atoms with Gasteiger partial charge in [0.05, 0.1) is 41.0 Å². The van der Waals surface area contributed by atoms with E-state index < -0.39 is 0 Å². The maximum absolute atomic E-state index is 6.02. The van der Waals surface area contributed by atoms with Crippen molar-refractivity contribution in [1.29, 1.82) is 0 Å². The summed E-state index contributed by atoms with van der Waals surface area (Å²) in [6.07, 6.45) is 11.8. The molecule has 0 atom stereocenters. The molecular weight excluding hydrogens is 494 g/mol. The van der Waals surface area contributed by atoms with Crippen LogP contribution in [-0.2, 0) is 0 Å². The summed E-state index contributed by atoms with van der Waals surface area (Å²) in [7, 11) is 0. The SMILES string of the molecule is Cc1ccc(-c2cncc3[nH]c(-c4n[nH]c5cnc(-c6cncc(OCCN7CCCC7)c6)cc45)cc23)s1. The molecule has 9 heteroatoms. The van der Waals surface area contributed by atoms with Gasteiger partial charge in [-0.2, -0.15) is 5.10 Å². The molecule has 0 aromatic carbocycles. The maximum atomic E-state index is 6.02. The minimum absolute atomic E-state index is 0.658. The summed E-state index contributed by atoms with van der Waals surface area (Å²) in [5.74, 6) is 0.760. The fraction of sp³-hybridized carbons (Fsp3) is 0.241. The molecule has 2 N–H and O–H groups in total. The molecule has 38 heavy (non-hydrogen) atoms. The molecule has 6 aromatic heterocycles. The van der Waals surface area contributed by atoms with Gasteiger partial charge in [0.2, 0.25) is 0 Å². The van der Waals surface area contributed by atoms with Crippen LogP contribution in [0.1, 0.15) is 17.7 Å². The molecule has 7 heterocycles. The summed E-state index contributed by atoms with van der Waals surface area (Å²) in [5, 5.41) is 9.89. The first-order valence-electron chi connectivity index (χ1n) is 12.9. The Morgan fingerprint density at radius 3 is 2.71 bits per heavy atom. The Hall–Kier alpha value is -4.08. The van der Waals surface area contributed by atoms with Crippen LogP contribution in [-0.4, -0.2) is 61.3 Å². The second-order valence-electron chi connectivity index (χ2n) is 9.74. The lowest BCUT2D eigenvalue weighted by atomic mass is 10.1. The molecule has 1 aliphatic heterocycles.